The topological polar surface area (TPSA) is 79.6 Å². The number of hydrogen-bond acceptors (Lipinski definition) is 4. The quantitative estimate of drug-likeness (QED) is 0.428. The third-order valence-electron chi connectivity index (χ3n) is 6.11. The largest absolute Gasteiger partial charge is 0.416 e. The van der Waals surface area contributed by atoms with Crippen LogP contribution in [0.25, 0.3) is 11.1 Å². The van der Waals surface area contributed by atoms with Crippen LogP contribution in [0.15, 0.2) is 66.7 Å². The van der Waals surface area contributed by atoms with Crippen LogP contribution in [0.3, 0.4) is 0 Å². The van der Waals surface area contributed by atoms with Crippen LogP contribution in [0.1, 0.15) is 17.5 Å². The van der Waals surface area contributed by atoms with E-state index in [1.165, 1.54) is 4.90 Å². The van der Waals surface area contributed by atoms with Gasteiger partial charge in [-0.1, -0.05) is 24.3 Å². The summed E-state index contributed by atoms with van der Waals surface area (Å²) >= 11 is 0. The molecule has 1 saturated heterocycles. The van der Waals surface area contributed by atoms with Crippen molar-refractivity contribution in [2.75, 3.05) is 36.4 Å². The number of likely N-dealkylation sites (tertiary alicyclic amines) is 1. The number of nitrogens with one attached hydrogen (secondary N) is 1. The fraction of sp³-hybridized carbons (Fsp3) is 0.259. The van der Waals surface area contributed by atoms with Crippen molar-refractivity contribution in [3.63, 3.8) is 0 Å². The van der Waals surface area contributed by atoms with Gasteiger partial charge in [-0.25, -0.2) is 9.18 Å². The number of benzene rings is 3. The molecule has 0 bridgehead atoms. The van der Waals surface area contributed by atoms with Crippen molar-refractivity contribution in [1.82, 2.24) is 4.90 Å². The van der Waals surface area contributed by atoms with Crippen molar-refractivity contribution >= 4 is 17.4 Å². The number of carbonyl (C=O) groups excluding carboxylic acids is 1. The van der Waals surface area contributed by atoms with E-state index in [2.05, 4.69) is 11.4 Å². The van der Waals surface area contributed by atoms with Gasteiger partial charge in [0.2, 0.25) is 0 Å². The monoisotopic (exact) mass is 512 g/mol. The Morgan fingerprint density at radius 1 is 1.11 bits per heavy atom. The summed E-state index contributed by atoms with van der Waals surface area (Å²) in [5, 5.41) is 21.3. The maximum absolute atomic E-state index is 13.9. The van der Waals surface area contributed by atoms with Crippen LogP contribution in [0.5, 0.6) is 0 Å². The van der Waals surface area contributed by atoms with Crippen LogP contribution >= 0.6 is 0 Å². The van der Waals surface area contributed by atoms with Crippen LogP contribution in [-0.2, 0) is 6.18 Å². The van der Waals surface area contributed by atoms with Crippen molar-refractivity contribution in [3.8, 4) is 17.2 Å². The molecule has 0 saturated carbocycles. The molecule has 1 heterocycles. The summed E-state index contributed by atoms with van der Waals surface area (Å²) in [6.07, 6.45) is -4.60. The minimum absolute atomic E-state index is 0.184. The Balaban J connectivity index is 1.58. The zero-order valence-corrected chi connectivity index (χ0v) is 19.7. The summed E-state index contributed by atoms with van der Waals surface area (Å²) in [6, 6.07) is 17.2. The Morgan fingerprint density at radius 3 is 2.51 bits per heavy atom. The second kappa shape index (κ2) is 11.0. The molecule has 0 unspecified atom stereocenters. The molecule has 4 rings (SSSR count). The number of anilines is 2. The molecule has 1 atom stereocenters. The SMILES string of the molecule is N#Cc1cccc(-c2ccc(N(CCN3CC[C@@H](O)C3)C(=O)Nc3cc(F)cc(C(F)(F)F)c3)cc2)c1. The first-order chi connectivity index (χ1) is 17.6. The minimum atomic E-state index is -4.77. The minimum Gasteiger partial charge on any atom is -0.392 e. The van der Waals surface area contributed by atoms with E-state index in [0.29, 0.717) is 49.4 Å². The summed E-state index contributed by atoms with van der Waals surface area (Å²) in [5.41, 5.74) is 1.08. The van der Waals surface area contributed by atoms with E-state index in [9.17, 15) is 27.5 Å². The zero-order valence-electron chi connectivity index (χ0n) is 19.7. The van der Waals surface area contributed by atoms with Gasteiger partial charge in [0.15, 0.2) is 0 Å². The van der Waals surface area contributed by atoms with Crippen LogP contribution < -0.4 is 10.2 Å². The summed E-state index contributed by atoms with van der Waals surface area (Å²) in [7, 11) is 0. The lowest BCUT2D eigenvalue weighted by Gasteiger charge is -2.26. The molecular weight excluding hydrogens is 488 g/mol. The first kappa shape index (κ1) is 26.1. The molecule has 1 aliphatic heterocycles. The molecule has 1 fully saturated rings. The van der Waals surface area contributed by atoms with Crippen molar-refractivity contribution in [1.29, 1.82) is 5.26 Å². The highest BCUT2D eigenvalue weighted by Crippen LogP contribution is 2.32. The van der Waals surface area contributed by atoms with Gasteiger partial charge < -0.3 is 10.4 Å². The van der Waals surface area contributed by atoms with E-state index in [1.54, 1.807) is 42.5 Å². The number of carbonyl (C=O) groups is 1. The van der Waals surface area contributed by atoms with Gasteiger partial charge in [0.1, 0.15) is 5.82 Å². The van der Waals surface area contributed by atoms with Crippen LogP contribution in [-0.4, -0.2) is 48.3 Å². The fourth-order valence-corrected chi connectivity index (χ4v) is 4.22. The van der Waals surface area contributed by atoms with E-state index in [0.717, 1.165) is 17.2 Å². The summed E-state index contributed by atoms with van der Waals surface area (Å²) in [4.78, 5) is 16.5. The van der Waals surface area contributed by atoms with Gasteiger partial charge in [-0.2, -0.15) is 18.4 Å². The Labute approximate surface area is 211 Å². The Hall–Kier alpha value is -3.94. The molecule has 0 aliphatic carbocycles. The lowest BCUT2D eigenvalue weighted by atomic mass is 10.0. The number of rotatable bonds is 6. The second-order valence-corrected chi connectivity index (χ2v) is 8.79. The molecule has 10 heteroatoms. The molecule has 0 spiro atoms. The van der Waals surface area contributed by atoms with Crippen molar-refractivity contribution in [2.24, 2.45) is 0 Å². The van der Waals surface area contributed by atoms with Crippen LogP contribution in [0, 0.1) is 17.1 Å². The molecule has 192 valence electrons. The predicted octanol–water partition coefficient (Wildman–Crippen LogP) is 5.49. The van der Waals surface area contributed by atoms with Crippen molar-refractivity contribution < 1.29 is 27.5 Å². The summed E-state index contributed by atoms with van der Waals surface area (Å²) in [6.45, 7) is 1.72. The van der Waals surface area contributed by atoms with Gasteiger partial charge in [-0.05, 0) is 60.0 Å². The Bertz CT molecular complexity index is 1300. The third-order valence-corrected chi connectivity index (χ3v) is 6.11. The molecule has 2 amide bonds. The zero-order chi connectivity index (χ0) is 26.6. The lowest BCUT2D eigenvalue weighted by molar-refractivity contribution is -0.137. The average Bonchev–Trinajstić information content (AvgIpc) is 3.28. The van der Waals surface area contributed by atoms with Crippen molar-refractivity contribution in [3.05, 3.63) is 83.7 Å². The molecule has 6 nitrogen and oxygen atoms in total. The highest BCUT2D eigenvalue weighted by molar-refractivity contribution is 6.02. The number of hydrogen-bond donors (Lipinski definition) is 2. The normalized spacial score (nSPS) is 15.8. The van der Waals surface area contributed by atoms with Gasteiger partial charge in [0.25, 0.3) is 0 Å². The number of nitriles is 1. The van der Waals surface area contributed by atoms with Gasteiger partial charge in [-0.15, -0.1) is 0 Å². The van der Waals surface area contributed by atoms with E-state index in [4.69, 9.17) is 5.26 Å². The molecule has 2 N–H and O–H groups in total. The molecule has 3 aromatic carbocycles. The van der Waals surface area contributed by atoms with E-state index >= 15 is 0 Å². The highest BCUT2D eigenvalue weighted by Gasteiger charge is 2.32. The standard InChI is InChI=1S/C27H24F4N4O2/c28-22-13-21(27(29,30)31)14-23(15-22)33-26(37)35(11-10-34-9-8-25(36)17-34)24-6-4-19(5-7-24)20-3-1-2-18(12-20)16-32/h1-7,12-15,25,36H,8-11,17H2,(H,33,37)/t25-/m1/s1. The average molecular weight is 513 g/mol. The lowest BCUT2D eigenvalue weighted by Crippen LogP contribution is -2.40. The fourth-order valence-electron chi connectivity index (χ4n) is 4.22. The number of alkyl halides is 3. The van der Waals surface area contributed by atoms with Gasteiger partial charge in [0.05, 0.1) is 23.3 Å². The molecule has 3 aromatic rings. The number of aliphatic hydroxyl groups is 1. The number of halogens is 4. The van der Waals surface area contributed by atoms with Gasteiger partial charge in [0, 0.05) is 37.6 Å². The first-order valence-corrected chi connectivity index (χ1v) is 11.6. The highest BCUT2D eigenvalue weighted by atomic mass is 19.4. The molecule has 0 radical (unpaired) electrons. The van der Waals surface area contributed by atoms with E-state index < -0.39 is 29.7 Å². The number of aliphatic hydroxyl groups excluding tert-OH is 1. The van der Waals surface area contributed by atoms with E-state index in [1.807, 2.05) is 11.0 Å². The third kappa shape index (κ3) is 6.64. The van der Waals surface area contributed by atoms with Crippen LogP contribution in [0.4, 0.5) is 33.7 Å². The molecule has 37 heavy (non-hydrogen) atoms. The Kier molecular flexibility index (Phi) is 7.76. The molecule has 1 aliphatic rings. The van der Waals surface area contributed by atoms with Gasteiger partial charge >= 0.3 is 12.2 Å². The first-order valence-electron chi connectivity index (χ1n) is 11.6. The number of β-amino-alcohol motifs (C(OH)–C–C–N with tert-alkyl or cyclic N) is 1. The summed E-state index contributed by atoms with van der Waals surface area (Å²) in [5.74, 6) is -1.12. The smallest absolute Gasteiger partial charge is 0.392 e. The van der Waals surface area contributed by atoms with Gasteiger partial charge in [-0.3, -0.25) is 9.80 Å². The molecular formula is C27H24F4N4O2. The number of urea groups is 1. The second-order valence-electron chi connectivity index (χ2n) is 8.79. The maximum Gasteiger partial charge on any atom is 0.416 e. The summed E-state index contributed by atoms with van der Waals surface area (Å²) < 4.78 is 53.2. The number of nitrogens with zero attached hydrogens (tertiary/aromatic N) is 3. The maximum atomic E-state index is 13.9. The van der Waals surface area contributed by atoms with Crippen molar-refractivity contribution in [2.45, 2.75) is 18.7 Å². The number of amides is 2. The predicted molar refractivity (Wildman–Crippen MR) is 131 cm³/mol. The van der Waals surface area contributed by atoms with Crippen LogP contribution in [0.2, 0.25) is 0 Å². The Morgan fingerprint density at radius 2 is 1.86 bits per heavy atom. The molecule has 0 aromatic heterocycles. The van der Waals surface area contributed by atoms with E-state index in [-0.39, 0.29) is 12.2 Å².